The van der Waals surface area contributed by atoms with Crippen molar-refractivity contribution in [3.63, 3.8) is 0 Å². The van der Waals surface area contributed by atoms with Crippen molar-refractivity contribution in [2.24, 2.45) is 7.05 Å². The quantitative estimate of drug-likeness (QED) is 0.350. The van der Waals surface area contributed by atoms with E-state index in [0.29, 0.717) is 26.2 Å². The summed E-state index contributed by atoms with van der Waals surface area (Å²) in [5.41, 5.74) is 5.17. The molecule has 5 heterocycles. The summed E-state index contributed by atoms with van der Waals surface area (Å²) in [6.45, 7) is 3.50. The van der Waals surface area contributed by atoms with Crippen LogP contribution in [0.15, 0.2) is 41.1 Å². The second-order valence-electron chi connectivity index (χ2n) is 9.01. The molecule has 0 saturated heterocycles. The maximum atomic E-state index is 12.8. The maximum absolute atomic E-state index is 12.8. The lowest BCUT2D eigenvalue weighted by molar-refractivity contribution is 0.582. The molecule has 3 N–H and O–H groups in total. The first-order valence-electron chi connectivity index (χ1n) is 11.5. The fourth-order valence-corrected chi connectivity index (χ4v) is 7.14. The van der Waals surface area contributed by atoms with Gasteiger partial charge >= 0.3 is 0 Å². The molecule has 1 aliphatic carbocycles. The van der Waals surface area contributed by atoms with E-state index in [9.17, 15) is 8.42 Å². The van der Waals surface area contributed by atoms with Crippen molar-refractivity contribution in [2.75, 3.05) is 18.4 Å². The van der Waals surface area contributed by atoms with Crippen LogP contribution in [0.4, 0.5) is 10.8 Å². The van der Waals surface area contributed by atoms with Gasteiger partial charge in [0.15, 0.2) is 11.5 Å². The van der Waals surface area contributed by atoms with E-state index in [2.05, 4.69) is 31.5 Å². The van der Waals surface area contributed by atoms with Gasteiger partial charge in [0, 0.05) is 37.6 Å². The molecule has 0 unspecified atom stereocenters. The highest BCUT2D eigenvalue weighted by Gasteiger charge is 2.30. The van der Waals surface area contributed by atoms with Crippen LogP contribution in [0.25, 0.3) is 22.5 Å². The number of imidazole rings is 1. The second kappa shape index (κ2) is 8.55. The minimum Gasteiger partial charge on any atom is -0.329 e. The van der Waals surface area contributed by atoms with Gasteiger partial charge in [0.2, 0.25) is 0 Å². The Hall–Kier alpha value is -3.06. The summed E-state index contributed by atoms with van der Waals surface area (Å²) in [6, 6.07) is 1.91. The van der Waals surface area contributed by atoms with E-state index in [1.165, 1.54) is 11.3 Å². The summed E-state index contributed by atoms with van der Waals surface area (Å²) in [6.07, 6.45) is 12.5. The second-order valence-corrected chi connectivity index (χ2v) is 12.0. The van der Waals surface area contributed by atoms with E-state index < -0.39 is 10.0 Å². The molecule has 0 aromatic carbocycles. The SMILES string of the molecule is Cc1cc(Nc2nc(C3=CCCNC3)cn3c(-c4cnn(C)c4)cnc23)sc1S(=O)(=O)NC1CC1. The van der Waals surface area contributed by atoms with E-state index in [1.54, 1.807) is 4.68 Å². The normalized spacial score (nSPS) is 16.6. The molecule has 182 valence electrons. The summed E-state index contributed by atoms with van der Waals surface area (Å²) < 4.78 is 32.5. The van der Waals surface area contributed by atoms with Crippen LogP contribution in [0.3, 0.4) is 0 Å². The van der Waals surface area contributed by atoms with E-state index in [-0.39, 0.29) is 6.04 Å². The van der Waals surface area contributed by atoms with Crippen molar-refractivity contribution in [1.82, 2.24) is 34.2 Å². The molecule has 0 amide bonds. The van der Waals surface area contributed by atoms with E-state index >= 15 is 0 Å². The van der Waals surface area contributed by atoms with Crippen molar-refractivity contribution >= 4 is 43.4 Å². The molecule has 1 aliphatic heterocycles. The molecule has 0 spiro atoms. The molecule has 10 nitrogen and oxygen atoms in total. The number of aryl methyl sites for hydroxylation is 2. The number of sulfonamides is 1. The van der Waals surface area contributed by atoms with Gasteiger partial charge in [-0.05, 0) is 49.9 Å². The fourth-order valence-electron chi connectivity index (χ4n) is 4.22. The van der Waals surface area contributed by atoms with E-state index in [1.807, 2.05) is 49.2 Å². The predicted molar refractivity (Wildman–Crippen MR) is 136 cm³/mol. The first-order chi connectivity index (χ1) is 16.9. The number of hydrogen-bond acceptors (Lipinski definition) is 8. The predicted octanol–water partition coefficient (Wildman–Crippen LogP) is 3.06. The number of anilines is 2. The van der Waals surface area contributed by atoms with Gasteiger partial charge in [-0.3, -0.25) is 9.08 Å². The molecule has 0 bridgehead atoms. The lowest BCUT2D eigenvalue weighted by Crippen LogP contribution is -2.25. The summed E-state index contributed by atoms with van der Waals surface area (Å²) in [5.74, 6) is 0.574. The number of aromatic nitrogens is 5. The lowest BCUT2D eigenvalue weighted by atomic mass is 10.1. The summed E-state index contributed by atoms with van der Waals surface area (Å²) in [4.78, 5) is 9.56. The lowest BCUT2D eigenvalue weighted by Gasteiger charge is -2.16. The average Bonchev–Trinajstić information content (AvgIpc) is 3.19. The fraction of sp³-hybridized carbons (Fsp3) is 0.348. The third-order valence-electron chi connectivity index (χ3n) is 6.11. The topological polar surface area (TPSA) is 118 Å². The highest BCUT2D eigenvalue weighted by molar-refractivity contribution is 7.91. The van der Waals surface area contributed by atoms with Crippen LogP contribution in [0.2, 0.25) is 0 Å². The van der Waals surface area contributed by atoms with Crippen molar-refractivity contribution in [3.8, 4) is 11.3 Å². The number of nitrogens with zero attached hydrogens (tertiary/aromatic N) is 5. The van der Waals surface area contributed by atoms with Gasteiger partial charge in [0.1, 0.15) is 4.21 Å². The Morgan fingerprint density at radius 1 is 1.23 bits per heavy atom. The van der Waals surface area contributed by atoms with Crippen molar-refractivity contribution < 1.29 is 8.42 Å². The molecule has 6 rings (SSSR count). The molecule has 2 aliphatic rings. The summed E-state index contributed by atoms with van der Waals surface area (Å²) in [7, 11) is -1.65. The monoisotopic (exact) mass is 510 g/mol. The molecule has 0 atom stereocenters. The molecule has 35 heavy (non-hydrogen) atoms. The highest BCUT2D eigenvalue weighted by atomic mass is 32.2. The molecule has 12 heteroatoms. The Bertz CT molecular complexity index is 1560. The van der Waals surface area contributed by atoms with Gasteiger partial charge in [-0.1, -0.05) is 6.08 Å². The van der Waals surface area contributed by atoms with Crippen LogP contribution in [0, 0.1) is 6.92 Å². The zero-order chi connectivity index (χ0) is 24.2. The zero-order valence-corrected chi connectivity index (χ0v) is 21.1. The average molecular weight is 511 g/mol. The first-order valence-corrected chi connectivity index (χ1v) is 13.8. The molecular formula is C23H26N8O2S2. The van der Waals surface area contributed by atoms with Crippen LogP contribution < -0.4 is 15.4 Å². The summed E-state index contributed by atoms with van der Waals surface area (Å²) in [5, 5.41) is 11.8. The Labute approximate surface area is 207 Å². The smallest absolute Gasteiger partial charge is 0.250 e. The Morgan fingerprint density at radius 2 is 2.09 bits per heavy atom. The van der Waals surface area contributed by atoms with Gasteiger partial charge in [0.05, 0.1) is 28.8 Å². The molecular weight excluding hydrogens is 484 g/mol. The molecule has 4 aromatic rings. The van der Waals surface area contributed by atoms with Gasteiger partial charge in [-0.25, -0.2) is 23.1 Å². The number of hydrogen-bond donors (Lipinski definition) is 3. The molecule has 4 aromatic heterocycles. The molecule has 1 fully saturated rings. The van der Waals surface area contributed by atoms with Crippen LogP contribution in [0.5, 0.6) is 0 Å². The minimum atomic E-state index is -3.54. The standard InChI is InChI=1S/C23H26N8O2S2/c1-14-8-20(34-23(14)35(32,33)29-17-5-6-17)28-21-22-25-11-19(16-10-26-30(2)12-16)31(22)13-18(27-21)15-4-3-7-24-9-15/h4,8,10-13,17,24,29H,3,5-7,9H2,1-2H3,(H,27,28). The van der Waals surface area contributed by atoms with Crippen molar-refractivity contribution in [2.45, 2.75) is 36.4 Å². The zero-order valence-electron chi connectivity index (χ0n) is 19.4. The highest BCUT2D eigenvalue weighted by Crippen LogP contribution is 2.35. The third-order valence-corrected chi connectivity index (χ3v) is 9.42. The van der Waals surface area contributed by atoms with Gasteiger partial charge in [0.25, 0.3) is 10.0 Å². The minimum absolute atomic E-state index is 0.0593. The van der Waals surface area contributed by atoms with Gasteiger partial charge in [-0.2, -0.15) is 5.10 Å². The van der Waals surface area contributed by atoms with Crippen LogP contribution in [-0.2, 0) is 17.1 Å². The van der Waals surface area contributed by atoms with Crippen molar-refractivity contribution in [3.05, 3.63) is 48.2 Å². The summed E-state index contributed by atoms with van der Waals surface area (Å²) >= 11 is 1.21. The Morgan fingerprint density at radius 3 is 2.80 bits per heavy atom. The molecule has 1 saturated carbocycles. The first kappa shape index (κ1) is 22.4. The Balaban J connectivity index is 1.43. The maximum Gasteiger partial charge on any atom is 0.250 e. The van der Waals surface area contributed by atoms with E-state index in [0.717, 1.165) is 54.9 Å². The number of thiophene rings is 1. The van der Waals surface area contributed by atoms with Crippen LogP contribution in [-0.4, -0.2) is 51.7 Å². The molecule has 0 radical (unpaired) electrons. The van der Waals surface area contributed by atoms with Gasteiger partial charge in [-0.15, -0.1) is 11.3 Å². The van der Waals surface area contributed by atoms with Gasteiger partial charge < -0.3 is 10.6 Å². The number of rotatable bonds is 7. The number of fused-ring (bicyclic) bond motifs is 1. The number of nitrogens with one attached hydrogen (secondary N) is 3. The Kier molecular flexibility index (Phi) is 5.48. The van der Waals surface area contributed by atoms with Crippen LogP contribution in [0.1, 0.15) is 30.5 Å². The van der Waals surface area contributed by atoms with Crippen molar-refractivity contribution in [1.29, 1.82) is 0 Å². The largest absolute Gasteiger partial charge is 0.329 e. The van der Waals surface area contributed by atoms with Crippen LogP contribution >= 0.6 is 11.3 Å². The third kappa shape index (κ3) is 4.38. The van der Waals surface area contributed by atoms with E-state index in [4.69, 9.17) is 4.98 Å².